The highest BCUT2D eigenvalue weighted by Crippen LogP contribution is 2.24. The Hall–Kier alpha value is -2.59. The highest BCUT2D eigenvalue weighted by atomic mass is 16.6. The lowest BCUT2D eigenvalue weighted by molar-refractivity contribution is -0.130. The van der Waals surface area contributed by atoms with Crippen molar-refractivity contribution in [3.8, 4) is 11.5 Å². The third-order valence-electron chi connectivity index (χ3n) is 4.31. The summed E-state index contributed by atoms with van der Waals surface area (Å²) in [6.07, 6.45) is 1.20. The van der Waals surface area contributed by atoms with E-state index in [-0.39, 0.29) is 6.10 Å². The zero-order chi connectivity index (χ0) is 18.5. The van der Waals surface area contributed by atoms with Crippen LogP contribution in [0.2, 0.25) is 0 Å². The smallest absolute Gasteiger partial charge is 0.338 e. The molecule has 0 N–H and O–H groups in total. The van der Waals surface area contributed by atoms with E-state index in [2.05, 4.69) is 25.6 Å². The van der Waals surface area contributed by atoms with Gasteiger partial charge in [-0.05, 0) is 54.7 Å². The van der Waals surface area contributed by atoms with E-state index in [1.54, 1.807) is 6.92 Å². The van der Waals surface area contributed by atoms with E-state index < -0.39 is 5.97 Å². The molecule has 0 aromatic heterocycles. The summed E-state index contributed by atoms with van der Waals surface area (Å²) >= 11 is 0. The second kappa shape index (κ2) is 8.19. The molecule has 0 bridgehead atoms. The molecule has 2 aromatic rings. The van der Waals surface area contributed by atoms with Gasteiger partial charge >= 0.3 is 5.97 Å². The molecule has 4 heteroatoms. The predicted molar refractivity (Wildman–Crippen MR) is 101 cm³/mol. The summed E-state index contributed by atoms with van der Waals surface area (Å²) in [5, 5.41) is 0. The number of ether oxygens (including phenoxy) is 3. The molecule has 1 aliphatic heterocycles. The third kappa shape index (κ3) is 5.20. The van der Waals surface area contributed by atoms with E-state index in [9.17, 15) is 4.79 Å². The maximum absolute atomic E-state index is 11.5. The van der Waals surface area contributed by atoms with Gasteiger partial charge < -0.3 is 14.2 Å². The Morgan fingerprint density at radius 2 is 1.77 bits per heavy atom. The average molecular weight is 352 g/mol. The van der Waals surface area contributed by atoms with Crippen molar-refractivity contribution in [3.63, 3.8) is 0 Å². The number of hydrogen-bond acceptors (Lipinski definition) is 4. The van der Waals surface area contributed by atoms with Crippen molar-refractivity contribution in [3.05, 3.63) is 71.8 Å². The summed E-state index contributed by atoms with van der Waals surface area (Å²) in [5.41, 5.74) is 2.84. The molecule has 0 radical (unpaired) electrons. The minimum absolute atomic E-state index is 0.271. The first-order chi connectivity index (χ1) is 12.5. The Bertz CT molecular complexity index is 758. The maximum Gasteiger partial charge on any atom is 0.338 e. The van der Waals surface area contributed by atoms with Gasteiger partial charge in [0.15, 0.2) is 0 Å². The molecule has 0 spiro atoms. The molecule has 0 amide bonds. The molecule has 26 heavy (non-hydrogen) atoms. The summed E-state index contributed by atoms with van der Waals surface area (Å²) in [6, 6.07) is 15.9. The number of rotatable bonds is 8. The van der Waals surface area contributed by atoms with Crippen molar-refractivity contribution >= 4 is 5.97 Å². The minimum atomic E-state index is -0.402. The van der Waals surface area contributed by atoms with Gasteiger partial charge in [-0.1, -0.05) is 37.8 Å². The van der Waals surface area contributed by atoms with Crippen LogP contribution in [0, 0.1) is 0 Å². The molecule has 1 saturated heterocycles. The predicted octanol–water partition coefficient (Wildman–Crippen LogP) is 4.29. The van der Waals surface area contributed by atoms with Crippen LogP contribution >= 0.6 is 0 Å². The number of carbonyl (C=O) groups is 1. The van der Waals surface area contributed by atoms with Gasteiger partial charge in [0, 0.05) is 5.57 Å². The van der Waals surface area contributed by atoms with Crippen LogP contribution in [0.25, 0.3) is 0 Å². The Labute approximate surface area is 154 Å². The van der Waals surface area contributed by atoms with Gasteiger partial charge in [0.1, 0.15) is 24.2 Å². The van der Waals surface area contributed by atoms with Crippen LogP contribution in [-0.2, 0) is 16.0 Å². The topological polar surface area (TPSA) is 48.1 Å². The van der Waals surface area contributed by atoms with Crippen molar-refractivity contribution in [2.75, 3.05) is 13.2 Å². The second-order valence-electron chi connectivity index (χ2n) is 6.75. The summed E-state index contributed by atoms with van der Waals surface area (Å²) < 4.78 is 16.0. The number of hydrogen-bond donors (Lipinski definition) is 0. The van der Waals surface area contributed by atoms with Crippen LogP contribution in [0.3, 0.4) is 0 Å². The van der Waals surface area contributed by atoms with Crippen molar-refractivity contribution in [1.29, 1.82) is 0 Å². The van der Waals surface area contributed by atoms with E-state index in [0.717, 1.165) is 18.8 Å². The second-order valence-corrected chi connectivity index (χ2v) is 6.75. The average Bonchev–Trinajstić information content (AvgIpc) is 3.46. The Balaban J connectivity index is 1.54. The van der Waals surface area contributed by atoms with Gasteiger partial charge in [0.05, 0.1) is 6.61 Å². The zero-order valence-electron chi connectivity index (χ0n) is 15.2. The molecule has 2 atom stereocenters. The quantitative estimate of drug-likeness (QED) is 0.308. The monoisotopic (exact) mass is 352 g/mol. The fourth-order valence-corrected chi connectivity index (χ4v) is 2.61. The molecule has 2 unspecified atom stereocenters. The standard InChI is InChI=1S/C22H24O4/c1-15(2)22(23)26-20-10-6-18(7-11-20)16(3)12-17-4-8-19(9-5-17)24-13-21-14-25-21/h4-11,16,21H,1,12-14H2,2-3H3. The molecule has 0 saturated carbocycles. The highest BCUT2D eigenvalue weighted by molar-refractivity contribution is 5.88. The van der Waals surface area contributed by atoms with Crippen LogP contribution in [0.1, 0.15) is 30.9 Å². The fourth-order valence-electron chi connectivity index (χ4n) is 2.61. The lowest BCUT2D eigenvalue weighted by Gasteiger charge is -2.13. The first-order valence-electron chi connectivity index (χ1n) is 8.82. The van der Waals surface area contributed by atoms with Gasteiger partial charge in [-0.15, -0.1) is 0 Å². The number of carbonyl (C=O) groups excluding carboxylic acids is 1. The molecular formula is C22H24O4. The molecule has 1 heterocycles. The molecule has 2 aromatic carbocycles. The van der Waals surface area contributed by atoms with Crippen LogP contribution in [0.5, 0.6) is 11.5 Å². The Morgan fingerprint density at radius 3 is 2.35 bits per heavy atom. The van der Waals surface area contributed by atoms with Gasteiger partial charge in [0.25, 0.3) is 0 Å². The molecule has 3 rings (SSSR count). The van der Waals surface area contributed by atoms with Gasteiger partial charge in [-0.3, -0.25) is 0 Å². The number of benzene rings is 2. The lowest BCUT2D eigenvalue weighted by atomic mass is 9.94. The van der Waals surface area contributed by atoms with Crippen molar-refractivity contribution in [1.82, 2.24) is 0 Å². The van der Waals surface area contributed by atoms with E-state index in [0.29, 0.717) is 23.8 Å². The van der Waals surface area contributed by atoms with Crippen molar-refractivity contribution < 1.29 is 19.0 Å². The maximum atomic E-state index is 11.5. The SMILES string of the molecule is C=C(C)C(=O)Oc1ccc(C(C)Cc2ccc(OCC3CO3)cc2)cc1. The summed E-state index contributed by atoms with van der Waals surface area (Å²) in [4.78, 5) is 11.5. The summed E-state index contributed by atoms with van der Waals surface area (Å²) in [5.74, 6) is 1.37. The van der Waals surface area contributed by atoms with Crippen LogP contribution in [0.4, 0.5) is 0 Å². The Morgan fingerprint density at radius 1 is 1.15 bits per heavy atom. The molecule has 0 aliphatic carbocycles. The van der Waals surface area contributed by atoms with E-state index in [1.165, 1.54) is 11.1 Å². The zero-order valence-corrected chi connectivity index (χ0v) is 15.2. The molecule has 136 valence electrons. The van der Waals surface area contributed by atoms with E-state index >= 15 is 0 Å². The third-order valence-corrected chi connectivity index (χ3v) is 4.31. The number of esters is 1. The largest absolute Gasteiger partial charge is 0.491 e. The summed E-state index contributed by atoms with van der Waals surface area (Å²) in [7, 11) is 0. The van der Waals surface area contributed by atoms with Crippen molar-refractivity contribution in [2.45, 2.75) is 32.3 Å². The molecule has 1 aliphatic rings. The van der Waals surface area contributed by atoms with Crippen molar-refractivity contribution in [2.24, 2.45) is 0 Å². The van der Waals surface area contributed by atoms with Gasteiger partial charge in [0.2, 0.25) is 0 Å². The summed E-state index contributed by atoms with van der Waals surface area (Å²) in [6.45, 7) is 8.83. The van der Waals surface area contributed by atoms with Gasteiger partial charge in [-0.2, -0.15) is 0 Å². The number of epoxide rings is 1. The molecule has 1 fully saturated rings. The molecular weight excluding hydrogens is 328 g/mol. The first-order valence-corrected chi connectivity index (χ1v) is 8.82. The van der Waals surface area contributed by atoms with Crippen LogP contribution in [0.15, 0.2) is 60.7 Å². The van der Waals surface area contributed by atoms with Crippen LogP contribution in [-0.4, -0.2) is 25.3 Å². The van der Waals surface area contributed by atoms with E-state index in [4.69, 9.17) is 14.2 Å². The lowest BCUT2D eigenvalue weighted by Crippen LogP contribution is -2.08. The van der Waals surface area contributed by atoms with Gasteiger partial charge in [-0.25, -0.2) is 4.79 Å². The van der Waals surface area contributed by atoms with Crippen LogP contribution < -0.4 is 9.47 Å². The molecule has 4 nitrogen and oxygen atoms in total. The Kier molecular flexibility index (Phi) is 5.74. The first kappa shape index (κ1) is 18.2. The minimum Gasteiger partial charge on any atom is -0.491 e. The van der Waals surface area contributed by atoms with E-state index in [1.807, 2.05) is 36.4 Å². The highest BCUT2D eigenvalue weighted by Gasteiger charge is 2.22. The fraction of sp³-hybridized carbons (Fsp3) is 0.318. The normalized spacial score (nSPS) is 16.6.